The number of anilines is 2. The van der Waals surface area contributed by atoms with Gasteiger partial charge in [0.2, 0.25) is 9.84 Å². The largest absolute Gasteiger partial charge is 0.444 e. The molecule has 11 heteroatoms. The molecule has 0 radical (unpaired) electrons. The molecule has 2 aromatic heterocycles. The molecule has 3 heterocycles. The second-order valence-electron chi connectivity index (χ2n) is 11.4. The van der Waals surface area contributed by atoms with Crippen molar-refractivity contribution in [2.75, 3.05) is 36.4 Å². The molecule has 0 saturated carbocycles. The maximum atomic E-state index is 14.0. The number of ether oxygens (including phenoxy) is 2. The molecule has 1 saturated heterocycles. The van der Waals surface area contributed by atoms with Gasteiger partial charge in [-0.25, -0.2) is 18.0 Å². The lowest BCUT2D eigenvalue weighted by atomic mass is 10.2. The Morgan fingerprint density at radius 1 is 0.821 bits per heavy atom. The van der Waals surface area contributed by atoms with Crippen molar-refractivity contribution in [1.29, 1.82) is 0 Å². The molecule has 0 aliphatic carbocycles. The first kappa shape index (κ1) is 28.3. The van der Waals surface area contributed by atoms with Gasteiger partial charge in [-0.3, -0.25) is 5.32 Å². The summed E-state index contributed by atoms with van der Waals surface area (Å²) in [5, 5.41) is 2.76. The van der Waals surface area contributed by atoms with Gasteiger partial charge >= 0.3 is 12.2 Å². The number of carbonyl (C=O) groups is 2. The summed E-state index contributed by atoms with van der Waals surface area (Å²) in [6, 6.07) is 13.4. The van der Waals surface area contributed by atoms with Crippen molar-refractivity contribution >= 4 is 39.0 Å². The van der Waals surface area contributed by atoms with E-state index in [1.807, 2.05) is 25.7 Å². The van der Waals surface area contributed by atoms with E-state index in [1.54, 1.807) is 72.7 Å². The van der Waals surface area contributed by atoms with Crippen LogP contribution >= 0.6 is 0 Å². The van der Waals surface area contributed by atoms with E-state index in [0.717, 1.165) is 0 Å². The molecule has 210 valence electrons. The fraction of sp³-hybridized carbons (Fsp3) is 0.429. The molecule has 2 amide bonds. The van der Waals surface area contributed by atoms with Crippen LogP contribution in [0.1, 0.15) is 41.5 Å². The smallest absolute Gasteiger partial charge is 0.412 e. The summed E-state index contributed by atoms with van der Waals surface area (Å²) in [4.78, 5) is 29.3. The number of hydrogen-bond acceptors (Lipinski definition) is 7. The summed E-state index contributed by atoms with van der Waals surface area (Å²) in [5.74, 6) is 0.495. The lowest BCUT2D eigenvalue weighted by Gasteiger charge is -2.37. The molecule has 39 heavy (non-hydrogen) atoms. The van der Waals surface area contributed by atoms with Crippen LogP contribution in [0.2, 0.25) is 0 Å². The summed E-state index contributed by atoms with van der Waals surface area (Å²) in [5.41, 5.74) is -0.861. The van der Waals surface area contributed by atoms with Gasteiger partial charge in [-0.1, -0.05) is 24.3 Å². The summed E-state index contributed by atoms with van der Waals surface area (Å²) in [6.07, 6.45) is 0.591. The lowest BCUT2D eigenvalue weighted by Crippen LogP contribution is -2.50. The highest BCUT2D eigenvalue weighted by molar-refractivity contribution is 7.92. The Bertz CT molecular complexity index is 1460. The molecule has 0 spiro atoms. The van der Waals surface area contributed by atoms with E-state index in [1.165, 1.54) is 12.1 Å². The number of hydrogen-bond donors (Lipinski definition) is 1. The van der Waals surface area contributed by atoms with Crippen LogP contribution in [0, 0.1) is 0 Å². The molecular formula is C28H36N4O6S. The Balaban J connectivity index is 1.81. The Kier molecular flexibility index (Phi) is 7.57. The van der Waals surface area contributed by atoms with Gasteiger partial charge in [0.1, 0.15) is 27.6 Å². The average Bonchev–Trinajstić information content (AvgIpc) is 3.16. The minimum atomic E-state index is -4.05. The van der Waals surface area contributed by atoms with Gasteiger partial charge in [0.15, 0.2) is 0 Å². The van der Waals surface area contributed by atoms with Gasteiger partial charge in [0.25, 0.3) is 0 Å². The zero-order valence-corrected chi connectivity index (χ0v) is 24.0. The third-order valence-corrected chi connectivity index (χ3v) is 7.79. The van der Waals surface area contributed by atoms with Gasteiger partial charge in [-0.2, -0.15) is 0 Å². The minimum Gasteiger partial charge on any atom is -0.444 e. The SMILES string of the molecule is CC(C)(C)OC(=O)Nc1c(S(=O)(=O)c2ccccc2)c2ccccn2c1N1CCN(C(=O)OC(C)(C)C)CC1. The van der Waals surface area contributed by atoms with Crippen molar-refractivity contribution in [2.24, 2.45) is 0 Å². The Hall–Kier alpha value is -3.73. The highest BCUT2D eigenvalue weighted by Gasteiger charge is 2.35. The number of pyridine rings is 1. The topological polar surface area (TPSA) is 110 Å². The number of amides is 2. The number of nitrogens with one attached hydrogen (secondary N) is 1. The second-order valence-corrected chi connectivity index (χ2v) is 13.3. The number of rotatable bonds is 4. The maximum Gasteiger partial charge on any atom is 0.412 e. The number of fused-ring (bicyclic) bond motifs is 1. The summed E-state index contributed by atoms with van der Waals surface area (Å²) < 4.78 is 40.8. The summed E-state index contributed by atoms with van der Waals surface area (Å²) >= 11 is 0. The third-order valence-electron chi connectivity index (χ3n) is 5.95. The maximum absolute atomic E-state index is 14.0. The van der Waals surface area contributed by atoms with E-state index >= 15 is 0 Å². The lowest BCUT2D eigenvalue weighted by molar-refractivity contribution is 0.0240. The van der Waals surface area contributed by atoms with Crippen molar-refractivity contribution in [1.82, 2.24) is 9.30 Å². The van der Waals surface area contributed by atoms with Gasteiger partial charge in [0, 0.05) is 32.4 Å². The standard InChI is InChI=1S/C28H36N4O6S/c1-27(2,3)37-25(33)29-22-23(39(35,36)20-12-8-7-9-13-20)21-14-10-11-15-32(21)24(22)30-16-18-31(19-17-30)26(34)38-28(4,5)6/h7-15H,16-19H2,1-6H3,(H,29,33). The second kappa shape index (κ2) is 10.4. The van der Waals surface area contributed by atoms with Gasteiger partial charge in [-0.15, -0.1) is 0 Å². The van der Waals surface area contributed by atoms with Crippen LogP contribution in [-0.4, -0.2) is 67.3 Å². The number of carbonyl (C=O) groups excluding carboxylic acids is 2. The van der Waals surface area contributed by atoms with Gasteiger partial charge in [-0.05, 0) is 65.8 Å². The molecular weight excluding hydrogens is 520 g/mol. The van der Waals surface area contributed by atoms with Crippen LogP contribution in [0.15, 0.2) is 64.5 Å². The fourth-order valence-corrected chi connectivity index (χ4v) is 6.01. The summed E-state index contributed by atoms with van der Waals surface area (Å²) in [7, 11) is -4.05. The molecule has 1 aliphatic heterocycles. The monoisotopic (exact) mass is 556 g/mol. The van der Waals surface area contributed by atoms with Crippen molar-refractivity contribution < 1.29 is 27.5 Å². The molecule has 1 aliphatic rings. The summed E-state index contributed by atoms with van der Waals surface area (Å²) in [6.45, 7) is 12.2. The van der Waals surface area contributed by atoms with E-state index in [0.29, 0.717) is 37.5 Å². The van der Waals surface area contributed by atoms with Crippen molar-refractivity contribution in [3.05, 3.63) is 54.7 Å². The van der Waals surface area contributed by atoms with Crippen molar-refractivity contribution in [3.8, 4) is 0 Å². The molecule has 1 fully saturated rings. The number of piperazine rings is 1. The van der Waals surface area contributed by atoms with Crippen molar-refractivity contribution in [3.63, 3.8) is 0 Å². The average molecular weight is 557 g/mol. The Labute approximate surface area is 229 Å². The van der Waals surface area contributed by atoms with Crippen LogP contribution in [0.25, 0.3) is 5.52 Å². The number of nitrogens with zero attached hydrogens (tertiary/aromatic N) is 3. The van der Waals surface area contributed by atoms with Crippen LogP contribution in [0.5, 0.6) is 0 Å². The Morgan fingerprint density at radius 2 is 1.41 bits per heavy atom. The normalized spacial score (nSPS) is 14.8. The first-order chi connectivity index (χ1) is 18.2. The molecule has 4 rings (SSSR count). The fourth-order valence-electron chi connectivity index (χ4n) is 4.41. The molecule has 0 bridgehead atoms. The zero-order valence-electron chi connectivity index (χ0n) is 23.2. The zero-order chi connectivity index (χ0) is 28.6. The molecule has 10 nitrogen and oxygen atoms in total. The van der Waals surface area contributed by atoms with Gasteiger partial charge < -0.3 is 23.7 Å². The van der Waals surface area contributed by atoms with Crippen LogP contribution in [0.3, 0.4) is 0 Å². The first-order valence-corrected chi connectivity index (χ1v) is 14.3. The first-order valence-electron chi connectivity index (χ1n) is 12.8. The number of sulfone groups is 1. The molecule has 1 N–H and O–H groups in total. The van der Waals surface area contributed by atoms with E-state index in [2.05, 4.69) is 5.32 Å². The number of aromatic nitrogens is 1. The van der Waals surface area contributed by atoms with Crippen LogP contribution in [-0.2, 0) is 19.3 Å². The molecule has 3 aromatic rings. The molecule has 0 unspecified atom stereocenters. The Morgan fingerprint density at radius 3 is 2.00 bits per heavy atom. The minimum absolute atomic E-state index is 0.0234. The van der Waals surface area contributed by atoms with Crippen LogP contribution < -0.4 is 10.2 Å². The predicted octanol–water partition coefficient (Wildman–Crippen LogP) is 5.18. The highest BCUT2D eigenvalue weighted by atomic mass is 32.2. The van der Waals surface area contributed by atoms with E-state index in [-0.39, 0.29) is 15.5 Å². The number of benzene rings is 1. The van der Waals surface area contributed by atoms with E-state index in [4.69, 9.17) is 9.47 Å². The molecule has 0 atom stereocenters. The quantitative estimate of drug-likeness (QED) is 0.472. The predicted molar refractivity (Wildman–Crippen MR) is 149 cm³/mol. The van der Waals surface area contributed by atoms with Crippen LogP contribution in [0.4, 0.5) is 21.1 Å². The van der Waals surface area contributed by atoms with Gasteiger partial charge in [0.05, 0.1) is 10.4 Å². The van der Waals surface area contributed by atoms with Crippen molar-refractivity contribution in [2.45, 2.75) is 62.5 Å². The van der Waals surface area contributed by atoms with E-state index < -0.39 is 33.2 Å². The van der Waals surface area contributed by atoms with E-state index in [9.17, 15) is 18.0 Å². The molecule has 1 aromatic carbocycles. The highest BCUT2D eigenvalue weighted by Crippen LogP contribution is 2.42. The third kappa shape index (κ3) is 6.30.